The topological polar surface area (TPSA) is 45.6 Å². The van der Waals surface area contributed by atoms with Crippen molar-refractivity contribution in [3.63, 3.8) is 0 Å². The second-order valence-corrected chi connectivity index (χ2v) is 5.12. The third-order valence-electron chi connectivity index (χ3n) is 3.30. The van der Waals surface area contributed by atoms with E-state index in [2.05, 4.69) is 34.7 Å². The number of rotatable bonds is 4. The van der Waals surface area contributed by atoms with Crippen LogP contribution in [0.3, 0.4) is 0 Å². The highest BCUT2D eigenvalue weighted by atomic mass is 16.5. The SMILES string of the molecule is CC(COc1ccccc1)NC1=NCc2ccccc2N1. The third kappa shape index (κ3) is 3.54. The molecule has 0 aromatic heterocycles. The number of nitrogens with zero attached hydrogens (tertiary/aromatic N) is 1. The fraction of sp³-hybridized carbons (Fsp3) is 0.235. The number of ether oxygens (including phenoxy) is 1. The molecule has 108 valence electrons. The zero-order valence-corrected chi connectivity index (χ0v) is 12.0. The van der Waals surface area contributed by atoms with Crippen LogP contribution in [-0.4, -0.2) is 18.6 Å². The van der Waals surface area contributed by atoms with Crippen molar-refractivity contribution in [1.29, 1.82) is 0 Å². The number of aliphatic imine (C=N–C) groups is 1. The van der Waals surface area contributed by atoms with Crippen molar-refractivity contribution in [2.45, 2.75) is 19.5 Å². The van der Waals surface area contributed by atoms with Crippen LogP contribution in [0, 0.1) is 0 Å². The molecule has 0 saturated heterocycles. The highest BCUT2D eigenvalue weighted by Crippen LogP contribution is 2.19. The van der Waals surface area contributed by atoms with Gasteiger partial charge in [0.1, 0.15) is 12.4 Å². The molecule has 0 saturated carbocycles. The van der Waals surface area contributed by atoms with Gasteiger partial charge < -0.3 is 15.4 Å². The summed E-state index contributed by atoms with van der Waals surface area (Å²) in [5, 5.41) is 6.65. The van der Waals surface area contributed by atoms with Gasteiger partial charge >= 0.3 is 0 Å². The number of benzene rings is 2. The third-order valence-corrected chi connectivity index (χ3v) is 3.30. The first-order valence-electron chi connectivity index (χ1n) is 7.15. The summed E-state index contributed by atoms with van der Waals surface area (Å²) < 4.78 is 5.73. The predicted molar refractivity (Wildman–Crippen MR) is 85.7 cm³/mol. The first-order chi connectivity index (χ1) is 10.3. The number of guanidine groups is 1. The highest BCUT2D eigenvalue weighted by molar-refractivity contribution is 5.95. The average Bonchev–Trinajstić information content (AvgIpc) is 2.54. The van der Waals surface area contributed by atoms with E-state index >= 15 is 0 Å². The molecule has 4 heteroatoms. The number of hydrogen-bond acceptors (Lipinski definition) is 4. The van der Waals surface area contributed by atoms with E-state index in [-0.39, 0.29) is 6.04 Å². The zero-order chi connectivity index (χ0) is 14.5. The summed E-state index contributed by atoms with van der Waals surface area (Å²) in [5.74, 6) is 1.69. The van der Waals surface area contributed by atoms with Gasteiger partial charge in [0.05, 0.1) is 12.6 Å². The van der Waals surface area contributed by atoms with Crippen molar-refractivity contribution in [2.24, 2.45) is 4.99 Å². The lowest BCUT2D eigenvalue weighted by Crippen LogP contribution is -2.41. The summed E-state index contributed by atoms with van der Waals surface area (Å²) in [6.45, 7) is 3.37. The predicted octanol–water partition coefficient (Wildman–Crippen LogP) is 3.03. The van der Waals surface area contributed by atoms with E-state index in [0.29, 0.717) is 13.2 Å². The standard InChI is InChI=1S/C17H19N3O/c1-13(12-21-15-8-3-2-4-9-15)19-17-18-11-14-7-5-6-10-16(14)20-17/h2-10,13H,11-12H2,1H3,(H2,18,19,20). The Morgan fingerprint density at radius 2 is 1.90 bits per heavy atom. The largest absolute Gasteiger partial charge is 0.491 e. The molecule has 2 N–H and O–H groups in total. The molecule has 0 aliphatic carbocycles. The van der Waals surface area contributed by atoms with E-state index in [1.54, 1.807) is 0 Å². The van der Waals surface area contributed by atoms with Gasteiger partial charge in [-0.2, -0.15) is 0 Å². The van der Waals surface area contributed by atoms with Gasteiger partial charge in [0.15, 0.2) is 5.96 Å². The number of para-hydroxylation sites is 2. The number of fused-ring (bicyclic) bond motifs is 1. The molecule has 0 fully saturated rings. The van der Waals surface area contributed by atoms with Crippen LogP contribution in [0.4, 0.5) is 5.69 Å². The molecular weight excluding hydrogens is 262 g/mol. The molecule has 2 aromatic rings. The molecule has 1 heterocycles. The van der Waals surface area contributed by atoms with Crippen molar-refractivity contribution in [2.75, 3.05) is 11.9 Å². The van der Waals surface area contributed by atoms with Gasteiger partial charge in [0.25, 0.3) is 0 Å². The minimum absolute atomic E-state index is 0.168. The molecule has 21 heavy (non-hydrogen) atoms. The Morgan fingerprint density at radius 3 is 2.76 bits per heavy atom. The summed E-state index contributed by atoms with van der Waals surface area (Å²) in [6, 6.07) is 18.2. The van der Waals surface area contributed by atoms with E-state index in [4.69, 9.17) is 4.74 Å². The van der Waals surface area contributed by atoms with E-state index in [9.17, 15) is 0 Å². The first kappa shape index (κ1) is 13.5. The van der Waals surface area contributed by atoms with Gasteiger partial charge in [-0.05, 0) is 30.7 Å². The molecule has 1 unspecified atom stereocenters. The zero-order valence-electron chi connectivity index (χ0n) is 12.0. The molecule has 0 amide bonds. The van der Waals surface area contributed by atoms with Gasteiger partial charge in [-0.1, -0.05) is 36.4 Å². The van der Waals surface area contributed by atoms with Gasteiger partial charge in [0, 0.05) is 5.69 Å². The molecular formula is C17H19N3O. The van der Waals surface area contributed by atoms with Crippen LogP contribution in [0.1, 0.15) is 12.5 Å². The summed E-state index contributed by atoms with van der Waals surface area (Å²) in [4.78, 5) is 4.50. The normalized spacial score (nSPS) is 14.4. The quantitative estimate of drug-likeness (QED) is 0.905. The minimum atomic E-state index is 0.168. The maximum atomic E-state index is 5.73. The Bertz CT molecular complexity index is 625. The fourth-order valence-electron chi connectivity index (χ4n) is 2.21. The van der Waals surface area contributed by atoms with Crippen molar-refractivity contribution in [1.82, 2.24) is 5.32 Å². The van der Waals surface area contributed by atoms with E-state index in [1.807, 2.05) is 42.5 Å². The minimum Gasteiger partial charge on any atom is -0.491 e. The molecule has 2 aromatic carbocycles. The first-order valence-corrected chi connectivity index (χ1v) is 7.15. The Kier molecular flexibility index (Phi) is 4.05. The van der Waals surface area contributed by atoms with Crippen molar-refractivity contribution in [3.05, 3.63) is 60.2 Å². The van der Waals surface area contributed by atoms with Gasteiger partial charge in [-0.25, -0.2) is 4.99 Å². The molecule has 0 spiro atoms. The second-order valence-electron chi connectivity index (χ2n) is 5.12. The van der Waals surface area contributed by atoms with Crippen LogP contribution in [0.25, 0.3) is 0 Å². The maximum absolute atomic E-state index is 5.73. The van der Waals surface area contributed by atoms with Gasteiger partial charge in [0.2, 0.25) is 0 Å². The summed E-state index contributed by atoms with van der Waals surface area (Å²) in [6.07, 6.45) is 0. The lowest BCUT2D eigenvalue weighted by molar-refractivity contribution is 0.286. The van der Waals surface area contributed by atoms with Crippen LogP contribution in [0.2, 0.25) is 0 Å². The van der Waals surface area contributed by atoms with Crippen molar-refractivity contribution >= 4 is 11.6 Å². The van der Waals surface area contributed by atoms with E-state index < -0.39 is 0 Å². The van der Waals surface area contributed by atoms with E-state index in [1.165, 1.54) is 5.56 Å². The van der Waals surface area contributed by atoms with Crippen LogP contribution >= 0.6 is 0 Å². The van der Waals surface area contributed by atoms with Crippen LogP contribution < -0.4 is 15.4 Å². The Morgan fingerprint density at radius 1 is 1.14 bits per heavy atom. The maximum Gasteiger partial charge on any atom is 0.196 e. The molecule has 4 nitrogen and oxygen atoms in total. The summed E-state index contributed by atoms with van der Waals surface area (Å²) in [5.41, 5.74) is 2.34. The van der Waals surface area contributed by atoms with E-state index in [0.717, 1.165) is 17.4 Å². The lowest BCUT2D eigenvalue weighted by Gasteiger charge is -2.22. The van der Waals surface area contributed by atoms with Crippen molar-refractivity contribution in [3.8, 4) is 5.75 Å². The molecule has 3 rings (SSSR count). The van der Waals surface area contributed by atoms with Crippen molar-refractivity contribution < 1.29 is 4.74 Å². The van der Waals surface area contributed by atoms with Crippen LogP contribution in [0.5, 0.6) is 5.75 Å². The Hall–Kier alpha value is -2.49. The molecule has 1 atom stereocenters. The van der Waals surface area contributed by atoms with Crippen LogP contribution in [0.15, 0.2) is 59.6 Å². The Balaban J connectivity index is 1.52. The fourth-order valence-corrected chi connectivity index (χ4v) is 2.21. The lowest BCUT2D eigenvalue weighted by atomic mass is 10.1. The monoisotopic (exact) mass is 281 g/mol. The second kappa shape index (κ2) is 6.31. The average molecular weight is 281 g/mol. The van der Waals surface area contributed by atoms with Gasteiger partial charge in [-0.3, -0.25) is 0 Å². The molecule has 0 radical (unpaired) electrons. The van der Waals surface area contributed by atoms with Crippen LogP contribution in [-0.2, 0) is 6.54 Å². The summed E-state index contributed by atoms with van der Waals surface area (Å²) >= 11 is 0. The number of hydrogen-bond donors (Lipinski definition) is 2. The number of nitrogens with one attached hydrogen (secondary N) is 2. The summed E-state index contributed by atoms with van der Waals surface area (Å²) in [7, 11) is 0. The van der Waals surface area contributed by atoms with Gasteiger partial charge in [-0.15, -0.1) is 0 Å². The Labute approximate surface area is 124 Å². The molecule has 1 aliphatic rings. The molecule has 0 bridgehead atoms. The molecule has 1 aliphatic heterocycles. The smallest absolute Gasteiger partial charge is 0.196 e. The number of anilines is 1. The highest BCUT2D eigenvalue weighted by Gasteiger charge is 2.12.